The van der Waals surface area contributed by atoms with Crippen molar-refractivity contribution in [3.63, 3.8) is 0 Å². The van der Waals surface area contributed by atoms with Crippen LogP contribution in [-0.2, 0) is 18.7 Å². The van der Waals surface area contributed by atoms with Crippen molar-refractivity contribution in [2.24, 2.45) is 0 Å². The highest BCUT2D eigenvalue weighted by Crippen LogP contribution is 2.24. The van der Waals surface area contributed by atoms with Gasteiger partial charge in [-0.05, 0) is 55.5 Å². The number of allylic oxidation sites excluding steroid dienone is 1. The van der Waals surface area contributed by atoms with Gasteiger partial charge in [0.25, 0.3) is 0 Å². The van der Waals surface area contributed by atoms with Gasteiger partial charge >= 0.3 is 0 Å². The van der Waals surface area contributed by atoms with E-state index in [0.717, 1.165) is 62.9 Å². The summed E-state index contributed by atoms with van der Waals surface area (Å²) in [7, 11) is 0. The van der Waals surface area contributed by atoms with Crippen molar-refractivity contribution in [2.75, 3.05) is 45.0 Å². The zero-order chi connectivity index (χ0) is 25.0. The fraction of sp³-hybridized carbons (Fsp3) is 0.467. The van der Waals surface area contributed by atoms with Crippen LogP contribution in [0.15, 0.2) is 66.0 Å². The second-order valence-electron chi connectivity index (χ2n) is 9.69. The molecule has 188 valence electrons. The molecule has 2 saturated heterocycles. The summed E-state index contributed by atoms with van der Waals surface area (Å²) in [5.74, 6) is 2.80. The first-order chi connectivity index (χ1) is 17.8. The molecule has 0 spiro atoms. The van der Waals surface area contributed by atoms with Crippen molar-refractivity contribution in [3.8, 4) is 12.1 Å². The third kappa shape index (κ3) is 7.53. The molecule has 2 aromatic carbocycles. The van der Waals surface area contributed by atoms with Gasteiger partial charge in [-0.15, -0.1) is 0 Å². The van der Waals surface area contributed by atoms with Crippen molar-refractivity contribution in [1.82, 2.24) is 14.7 Å². The van der Waals surface area contributed by atoms with E-state index in [-0.39, 0.29) is 5.57 Å². The van der Waals surface area contributed by atoms with Gasteiger partial charge in [0, 0.05) is 44.2 Å². The Kier molecular flexibility index (Phi) is 10.1. The molecule has 0 atom stereocenters. The highest BCUT2D eigenvalue weighted by Gasteiger charge is 2.27. The van der Waals surface area contributed by atoms with Crippen molar-refractivity contribution in [2.45, 2.75) is 44.4 Å². The smallest absolute Gasteiger partial charge is 0.169 e. The fourth-order valence-electron chi connectivity index (χ4n) is 5.21. The first-order valence-electron chi connectivity index (χ1n) is 13.2. The molecule has 36 heavy (non-hydrogen) atoms. The number of likely N-dealkylation sites (tertiary alicyclic amines) is 1. The summed E-state index contributed by atoms with van der Waals surface area (Å²) in [4.78, 5) is 7.05. The van der Waals surface area contributed by atoms with E-state index < -0.39 is 0 Å². The van der Waals surface area contributed by atoms with Crippen LogP contribution >= 0.6 is 11.8 Å². The maximum absolute atomic E-state index is 9.60. The Morgan fingerprint density at radius 2 is 1.47 bits per heavy atom. The van der Waals surface area contributed by atoms with Crippen molar-refractivity contribution >= 4 is 11.8 Å². The maximum Gasteiger partial charge on any atom is 0.169 e. The van der Waals surface area contributed by atoms with Crippen molar-refractivity contribution in [3.05, 3.63) is 82.7 Å². The number of aryl methyl sites for hydroxylation is 1. The molecular formula is C30H37N5S. The Bertz CT molecular complexity index is 1060. The number of benzene rings is 2. The SMILES string of the molecule is N#CC(C#N)=C1N(CCCc2ccccc2)CCN1CCSCc1cccc(CN2CCCCC2)c1. The van der Waals surface area contributed by atoms with Crippen LogP contribution < -0.4 is 0 Å². The molecule has 0 N–H and O–H groups in total. The van der Waals surface area contributed by atoms with Gasteiger partial charge in [0.1, 0.15) is 18.0 Å². The van der Waals surface area contributed by atoms with E-state index in [2.05, 4.69) is 75.4 Å². The van der Waals surface area contributed by atoms with Crippen LogP contribution in [0.25, 0.3) is 0 Å². The van der Waals surface area contributed by atoms with E-state index in [9.17, 15) is 10.5 Å². The Morgan fingerprint density at radius 1 is 0.778 bits per heavy atom. The highest BCUT2D eigenvalue weighted by molar-refractivity contribution is 7.98. The zero-order valence-electron chi connectivity index (χ0n) is 21.2. The average Bonchev–Trinajstić information content (AvgIpc) is 3.31. The summed E-state index contributed by atoms with van der Waals surface area (Å²) >= 11 is 1.93. The molecule has 0 aromatic heterocycles. The Balaban J connectivity index is 1.26. The van der Waals surface area contributed by atoms with E-state index in [1.807, 2.05) is 17.8 Å². The topological polar surface area (TPSA) is 57.3 Å². The van der Waals surface area contributed by atoms with Gasteiger partial charge in [-0.1, -0.05) is 61.0 Å². The Labute approximate surface area is 221 Å². The predicted octanol–water partition coefficient (Wildman–Crippen LogP) is 5.41. The minimum absolute atomic E-state index is 0.239. The second kappa shape index (κ2) is 14.0. The summed E-state index contributed by atoms with van der Waals surface area (Å²) < 4.78 is 0. The number of hydrogen-bond acceptors (Lipinski definition) is 6. The summed E-state index contributed by atoms with van der Waals surface area (Å²) in [6.45, 7) is 6.98. The molecule has 4 rings (SSSR count). The number of piperidine rings is 1. The molecule has 0 bridgehead atoms. The van der Waals surface area contributed by atoms with Crippen molar-refractivity contribution < 1.29 is 0 Å². The number of nitrogens with zero attached hydrogens (tertiary/aromatic N) is 5. The summed E-state index contributed by atoms with van der Waals surface area (Å²) in [6, 6.07) is 23.8. The molecule has 0 aliphatic carbocycles. The van der Waals surface area contributed by atoms with Gasteiger partial charge in [-0.25, -0.2) is 0 Å². The van der Waals surface area contributed by atoms with E-state index in [0.29, 0.717) is 0 Å². The lowest BCUT2D eigenvalue weighted by molar-refractivity contribution is 0.221. The van der Waals surface area contributed by atoms with Gasteiger partial charge in [-0.2, -0.15) is 22.3 Å². The van der Waals surface area contributed by atoms with Gasteiger partial charge in [-0.3, -0.25) is 4.90 Å². The Morgan fingerprint density at radius 3 is 2.22 bits per heavy atom. The van der Waals surface area contributed by atoms with Gasteiger partial charge in [0.05, 0.1) is 0 Å². The standard InChI is InChI=1S/C30H37N5S/c31-22-29(23-32)30-34(16-8-13-26-9-3-1-4-10-26)17-18-35(30)19-20-36-25-28-12-7-11-27(21-28)24-33-14-5-2-6-15-33/h1,3-4,7,9-12,21H,2,5-6,8,13-20,24-25H2. The summed E-state index contributed by atoms with van der Waals surface area (Å²) in [6.07, 6.45) is 6.04. The Hall–Kier alpha value is -2.93. The van der Waals surface area contributed by atoms with Crippen LogP contribution in [0.4, 0.5) is 0 Å². The third-order valence-corrected chi connectivity index (χ3v) is 8.05. The molecule has 0 radical (unpaired) electrons. The molecule has 2 fully saturated rings. The number of thioether (sulfide) groups is 1. The number of hydrogen-bond donors (Lipinski definition) is 0. The molecule has 2 aliphatic heterocycles. The molecule has 0 unspecified atom stereocenters. The van der Waals surface area contributed by atoms with Crippen molar-refractivity contribution in [1.29, 1.82) is 10.5 Å². The summed E-state index contributed by atoms with van der Waals surface area (Å²) in [5.41, 5.74) is 4.36. The van der Waals surface area contributed by atoms with Crippen LogP contribution in [0.2, 0.25) is 0 Å². The largest absolute Gasteiger partial charge is 0.355 e. The van der Waals surface area contributed by atoms with E-state index in [1.54, 1.807) is 0 Å². The molecular weight excluding hydrogens is 462 g/mol. The molecule has 2 aliphatic rings. The minimum atomic E-state index is 0.239. The molecule has 0 saturated carbocycles. The van der Waals surface area contributed by atoms with Gasteiger partial charge in [0.15, 0.2) is 5.57 Å². The average molecular weight is 500 g/mol. The molecule has 2 heterocycles. The minimum Gasteiger partial charge on any atom is -0.355 e. The molecule has 5 nitrogen and oxygen atoms in total. The second-order valence-corrected chi connectivity index (χ2v) is 10.8. The summed E-state index contributed by atoms with van der Waals surface area (Å²) in [5, 5.41) is 19.2. The third-order valence-electron chi connectivity index (χ3n) is 7.04. The van der Waals surface area contributed by atoms with Crippen LogP contribution in [0, 0.1) is 22.7 Å². The lowest BCUT2D eigenvalue weighted by atomic mass is 10.1. The molecule has 0 amide bonds. The first kappa shape index (κ1) is 26.1. The lowest BCUT2D eigenvalue weighted by Crippen LogP contribution is -2.29. The monoisotopic (exact) mass is 499 g/mol. The normalized spacial score (nSPS) is 16.1. The number of nitriles is 2. The highest BCUT2D eigenvalue weighted by atomic mass is 32.2. The van der Waals surface area contributed by atoms with Gasteiger partial charge in [0.2, 0.25) is 0 Å². The molecule has 6 heteroatoms. The van der Waals surface area contributed by atoms with Gasteiger partial charge < -0.3 is 9.80 Å². The van der Waals surface area contributed by atoms with Crippen LogP contribution in [0.5, 0.6) is 0 Å². The van der Waals surface area contributed by atoms with E-state index in [1.165, 1.54) is 49.0 Å². The fourth-order valence-corrected chi connectivity index (χ4v) is 6.12. The maximum atomic E-state index is 9.60. The van der Waals surface area contributed by atoms with E-state index >= 15 is 0 Å². The van der Waals surface area contributed by atoms with Crippen LogP contribution in [0.1, 0.15) is 42.4 Å². The van der Waals surface area contributed by atoms with Crippen LogP contribution in [0.3, 0.4) is 0 Å². The van der Waals surface area contributed by atoms with E-state index in [4.69, 9.17) is 0 Å². The number of rotatable bonds is 11. The molecule has 2 aromatic rings. The van der Waals surface area contributed by atoms with Crippen LogP contribution in [-0.4, -0.2) is 59.7 Å². The predicted molar refractivity (Wildman–Crippen MR) is 148 cm³/mol. The first-order valence-corrected chi connectivity index (χ1v) is 14.4. The zero-order valence-corrected chi connectivity index (χ0v) is 22.1. The lowest BCUT2D eigenvalue weighted by Gasteiger charge is -2.26. The quantitative estimate of drug-likeness (QED) is 0.304.